The van der Waals surface area contributed by atoms with Gasteiger partial charge in [0.15, 0.2) is 5.65 Å². The van der Waals surface area contributed by atoms with Gasteiger partial charge in [0.05, 0.1) is 16.8 Å². The Kier molecular flexibility index (Phi) is 4.86. The number of rotatable bonds is 4. The van der Waals surface area contributed by atoms with Crippen molar-refractivity contribution >= 4 is 32.7 Å². The molecule has 1 aliphatic rings. The second-order valence-electron chi connectivity index (χ2n) is 6.92. The van der Waals surface area contributed by atoms with Gasteiger partial charge in [0.25, 0.3) is 0 Å². The lowest BCUT2D eigenvalue weighted by atomic mass is 9.97. The van der Waals surface area contributed by atoms with Crippen LogP contribution < -0.4 is 5.32 Å². The molecule has 1 fully saturated rings. The lowest BCUT2D eigenvalue weighted by Crippen LogP contribution is -2.41. The number of aromatic amines is 1. The number of pyridine rings is 1. The third kappa shape index (κ3) is 3.50. The van der Waals surface area contributed by atoms with Gasteiger partial charge in [0.2, 0.25) is 15.9 Å². The summed E-state index contributed by atoms with van der Waals surface area (Å²) in [5.74, 6) is -0.345. The van der Waals surface area contributed by atoms with E-state index in [0.29, 0.717) is 37.3 Å². The highest BCUT2D eigenvalue weighted by molar-refractivity contribution is 7.89. The molecule has 0 aliphatic carbocycles. The van der Waals surface area contributed by atoms with Crippen molar-refractivity contribution in [2.75, 3.05) is 18.4 Å². The van der Waals surface area contributed by atoms with Gasteiger partial charge in [-0.2, -0.15) is 9.40 Å². The van der Waals surface area contributed by atoms with Gasteiger partial charge in [0, 0.05) is 30.1 Å². The van der Waals surface area contributed by atoms with Crippen LogP contribution in [0.3, 0.4) is 0 Å². The first-order chi connectivity index (χ1) is 13.4. The van der Waals surface area contributed by atoms with Crippen LogP contribution in [0.15, 0.2) is 47.5 Å². The molecule has 0 bridgehead atoms. The Morgan fingerprint density at radius 3 is 2.64 bits per heavy atom. The van der Waals surface area contributed by atoms with Crippen LogP contribution >= 0.6 is 0 Å². The van der Waals surface area contributed by atoms with Crippen molar-refractivity contribution < 1.29 is 13.2 Å². The SMILES string of the molecule is Cc1[nH]nc2ncc(NC(=O)C3CCN(S(=O)(=O)c4ccccc4)CC3)cc12. The van der Waals surface area contributed by atoms with E-state index in [1.54, 1.807) is 36.5 Å². The number of amides is 1. The zero-order valence-electron chi connectivity index (χ0n) is 15.4. The van der Waals surface area contributed by atoms with Crippen LogP contribution in [0.4, 0.5) is 5.69 Å². The summed E-state index contributed by atoms with van der Waals surface area (Å²) < 4.78 is 26.8. The van der Waals surface area contributed by atoms with Crippen LogP contribution in [0.2, 0.25) is 0 Å². The predicted molar refractivity (Wildman–Crippen MR) is 105 cm³/mol. The summed E-state index contributed by atoms with van der Waals surface area (Å²) in [6, 6.07) is 10.2. The van der Waals surface area contributed by atoms with Crippen molar-refractivity contribution in [1.29, 1.82) is 0 Å². The monoisotopic (exact) mass is 399 g/mol. The van der Waals surface area contributed by atoms with Gasteiger partial charge < -0.3 is 5.32 Å². The van der Waals surface area contributed by atoms with E-state index in [4.69, 9.17) is 0 Å². The quantitative estimate of drug-likeness (QED) is 0.700. The summed E-state index contributed by atoms with van der Waals surface area (Å²) in [7, 11) is -3.51. The lowest BCUT2D eigenvalue weighted by Gasteiger charge is -2.30. The first-order valence-electron chi connectivity index (χ1n) is 9.12. The summed E-state index contributed by atoms with van der Waals surface area (Å²) in [5.41, 5.74) is 2.11. The number of carbonyl (C=O) groups excluding carboxylic acids is 1. The summed E-state index contributed by atoms with van der Waals surface area (Å²) in [5, 5.41) is 10.7. The van der Waals surface area contributed by atoms with E-state index in [1.165, 1.54) is 4.31 Å². The number of carbonyl (C=O) groups is 1. The van der Waals surface area contributed by atoms with Crippen LogP contribution in [0.1, 0.15) is 18.5 Å². The highest BCUT2D eigenvalue weighted by Crippen LogP contribution is 2.25. The molecule has 0 unspecified atom stereocenters. The zero-order chi connectivity index (χ0) is 19.7. The molecule has 1 aliphatic heterocycles. The third-order valence-electron chi connectivity index (χ3n) is 5.07. The molecular formula is C19H21N5O3S. The van der Waals surface area contributed by atoms with E-state index >= 15 is 0 Å². The Balaban J connectivity index is 1.40. The van der Waals surface area contributed by atoms with Gasteiger partial charge in [-0.3, -0.25) is 9.89 Å². The molecule has 3 aromatic rings. The maximum atomic E-state index is 12.7. The largest absolute Gasteiger partial charge is 0.324 e. The molecule has 9 heteroatoms. The van der Waals surface area contributed by atoms with Gasteiger partial charge >= 0.3 is 0 Å². The molecule has 8 nitrogen and oxygen atoms in total. The number of piperidine rings is 1. The first kappa shape index (κ1) is 18.6. The van der Waals surface area contributed by atoms with E-state index in [9.17, 15) is 13.2 Å². The van der Waals surface area contributed by atoms with E-state index < -0.39 is 10.0 Å². The molecule has 2 aromatic heterocycles. The zero-order valence-corrected chi connectivity index (χ0v) is 16.2. The molecule has 4 rings (SSSR count). The summed E-state index contributed by atoms with van der Waals surface area (Å²) in [6.45, 7) is 2.55. The van der Waals surface area contributed by atoms with Crippen molar-refractivity contribution in [3.63, 3.8) is 0 Å². The van der Waals surface area contributed by atoms with Crippen molar-refractivity contribution in [2.45, 2.75) is 24.7 Å². The number of anilines is 1. The van der Waals surface area contributed by atoms with E-state index in [1.807, 2.05) is 13.0 Å². The van der Waals surface area contributed by atoms with E-state index in [2.05, 4.69) is 20.5 Å². The number of H-pyrrole nitrogens is 1. The highest BCUT2D eigenvalue weighted by Gasteiger charge is 2.32. The predicted octanol–water partition coefficient (Wildman–Crippen LogP) is 2.31. The number of benzene rings is 1. The van der Waals surface area contributed by atoms with Gasteiger partial charge in [-0.15, -0.1) is 0 Å². The van der Waals surface area contributed by atoms with Crippen LogP contribution in [0.25, 0.3) is 11.0 Å². The van der Waals surface area contributed by atoms with Crippen molar-refractivity contribution in [3.8, 4) is 0 Å². The Morgan fingerprint density at radius 1 is 1.21 bits per heavy atom. The summed E-state index contributed by atoms with van der Waals surface area (Å²) in [6.07, 6.45) is 2.55. The Labute approximate surface area is 163 Å². The van der Waals surface area contributed by atoms with Crippen molar-refractivity contribution in [1.82, 2.24) is 19.5 Å². The molecule has 1 aromatic carbocycles. The number of aromatic nitrogens is 3. The van der Waals surface area contributed by atoms with Crippen LogP contribution in [-0.4, -0.2) is 46.9 Å². The second kappa shape index (κ2) is 7.33. The fraction of sp³-hybridized carbons (Fsp3) is 0.316. The minimum absolute atomic E-state index is 0.112. The molecule has 2 N–H and O–H groups in total. The number of sulfonamides is 1. The number of nitrogens with zero attached hydrogens (tertiary/aromatic N) is 3. The van der Waals surface area contributed by atoms with Crippen LogP contribution in [0.5, 0.6) is 0 Å². The maximum absolute atomic E-state index is 12.7. The van der Waals surface area contributed by atoms with Gasteiger partial charge in [0.1, 0.15) is 0 Å². The molecule has 146 valence electrons. The average Bonchev–Trinajstić information content (AvgIpc) is 3.09. The molecule has 1 saturated heterocycles. The molecule has 0 saturated carbocycles. The molecule has 1 amide bonds. The molecular weight excluding hydrogens is 378 g/mol. The van der Waals surface area contributed by atoms with Crippen molar-refractivity contribution in [3.05, 3.63) is 48.3 Å². The van der Waals surface area contributed by atoms with E-state index in [-0.39, 0.29) is 16.7 Å². The standard InChI is InChI=1S/C19H21N5O3S/c1-13-17-11-15(12-20-18(17)23-22-13)21-19(25)14-7-9-24(10-8-14)28(26,27)16-5-3-2-4-6-16/h2-6,11-12,14H,7-10H2,1H3,(H,21,25)(H,20,22,23). The molecule has 0 radical (unpaired) electrons. The normalized spacial score (nSPS) is 16.3. The van der Waals surface area contributed by atoms with Gasteiger partial charge in [-0.05, 0) is 38.0 Å². The fourth-order valence-electron chi connectivity index (χ4n) is 3.43. The minimum Gasteiger partial charge on any atom is -0.324 e. The topological polar surface area (TPSA) is 108 Å². The highest BCUT2D eigenvalue weighted by atomic mass is 32.2. The van der Waals surface area contributed by atoms with E-state index in [0.717, 1.165) is 11.1 Å². The van der Waals surface area contributed by atoms with Crippen LogP contribution in [-0.2, 0) is 14.8 Å². The Morgan fingerprint density at radius 2 is 1.93 bits per heavy atom. The minimum atomic E-state index is -3.51. The Hall–Kier alpha value is -2.78. The molecule has 3 heterocycles. The average molecular weight is 399 g/mol. The number of nitrogens with one attached hydrogen (secondary N) is 2. The first-order valence-corrected chi connectivity index (χ1v) is 10.6. The van der Waals surface area contributed by atoms with Crippen LogP contribution in [0, 0.1) is 12.8 Å². The van der Waals surface area contributed by atoms with Crippen molar-refractivity contribution in [2.24, 2.45) is 5.92 Å². The maximum Gasteiger partial charge on any atom is 0.243 e. The van der Waals surface area contributed by atoms with Gasteiger partial charge in [-0.25, -0.2) is 13.4 Å². The lowest BCUT2D eigenvalue weighted by molar-refractivity contribution is -0.120. The molecule has 0 spiro atoms. The smallest absolute Gasteiger partial charge is 0.243 e. The number of hydrogen-bond donors (Lipinski definition) is 2. The third-order valence-corrected chi connectivity index (χ3v) is 6.99. The summed E-state index contributed by atoms with van der Waals surface area (Å²) in [4.78, 5) is 17.1. The number of fused-ring (bicyclic) bond motifs is 1. The molecule has 28 heavy (non-hydrogen) atoms. The second-order valence-corrected chi connectivity index (χ2v) is 8.86. The summed E-state index contributed by atoms with van der Waals surface area (Å²) >= 11 is 0. The molecule has 0 atom stereocenters. The fourth-order valence-corrected chi connectivity index (χ4v) is 4.92. The van der Waals surface area contributed by atoms with Gasteiger partial charge in [-0.1, -0.05) is 18.2 Å². The Bertz CT molecular complexity index is 1100. The number of aryl methyl sites for hydroxylation is 1. The number of hydrogen-bond acceptors (Lipinski definition) is 5.